The van der Waals surface area contributed by atoms with Crippen molar-refractivity contribution in [2.24, 2.45) is 5.92 Å². The SMILES string of the molecule is O=C(NCC1CCC(O)C1)c1cc2c(F)cccc2s1. The molecule has 106 valence electrons. The van der Waals surface area contributed by atoms with Gasteiger partial charge in [-0.15, -0.1) is 11.3 Å². The van der Waals surface area contributed by atoms with Gasteiger partial charge in [-0.1, -0.05) is 6.07 Å². The van der Waals surface area contributed by atoms with E-state index in [0.717, 1.165) is 24.0 Å². The molecular formula is C15H16FNO2S. The van der Waals surface area contributed by atoms with Gasteiger partial charge in [0, 0.05) is 16.6 Å². The van der Waals surface area contributed by atoms with E-state index in [1.165, 1.54) is 17.4 Å². The van der Waals surface area contributed by atoms with Crippen molar-refractivity contribution in [3.05, 3.63) is 35.0 Å². The van der Waals surface area contributed by atoms with E-state index >= 15 is 0 Å². The second-order valence-corrected chi connectivity index (χ2v) is 6.39. The van der Waals surface area contributed by atoms with Gasteiger partial charge in [0.25, 0.3) is 5.91 Å². The van der Waals surface area contributed by atoms with Crippen LogP contribution in [0, 0.1) is 11.7 Å². The number of hydrogen-bond acceptors (Lipinski definition) is 3. The first-order chi connectivity index (χ1) is 9.63. The van der Waals surface area contributed by atoms with E-state index in [4.69, 9.17) is 0 Å². The maximum absolute atomic E-state index is 13.6. The Bertz CT molecular complexity index is 640. The third-order valence-electron chi connectivity index (χ3n) is 3.80. The third kappa shape index (κ3) is 2.69. The van der Waals surface area contributed by atoms with Gasteiger partial charge in [-0.2, -0.15) is 0 Å². The van der Waals surface area contributed by atoms with E-state index in [1.807, 2.05) is 6.07 Å². The molecule has 1 aliphatic carbocycles. The summed E-state index contributed by atoms with van der Waals surface area (Å²) in [5.41, 5.74) is 0. The van der Waals surface area contributed by atoms with Crippen LogP contribution in [-0.4, -0.2) is 23.7 Å². The first-order valence-corrected chi connectivity index (χ1v) is 7.59. The lowest BCUT2D eigenvalue weighted by atomic mass is 10.1. The van der Waals surface area contributed by atoms with Crippen LogP contribution in [0.4, 0.5) is 4.39 Å². The van der Waals surface area contributed by atoms with Crippen molar-refractivity contribution in [2.75, 3.05) is 6.54 Å². The van der Waals surface area contributed by atoms with Gasteiger partial charge in [-0.3, -0.25) is 4.79 Å². The molecule has 5 heteroatoms. The van der Waals surface area contributed by atoms with Gasteiger partial charge in [0.05, 0.1) is 11.0 Å². The Balaban J connectivity index is 1.68. The molecule has 2 atom stereocenters. The van der Waals surface area contributed by atoms with Gasteiger partial charge >= 0.3 is 0 Å². The molecule has 3 nitrogen and oxygen atoms in total. The zero-order valence-corrected chi connectivity index (χ0v) is 11.8. The van der Waals surface area contributed by atoms with Crippen molar-refractivity contribution >= 4 is 27.3 Å². The molecule has 2 N–H and O–H groups in total. The van der Waals surface area contributed by atoms with Crippen molar-refractivity contribution in [3.8, 4) is 0 Å². The number of aliphatic hydroxyl groups excluding tert-OH is 1. The van der Waals surface area contributed by atoms with Crippen LogP contribution in [-0.2, 0) is 0 Å². The largest absolute Gasteiger partial charge is 0.393 e. The summed E-state index contributed by atoms with van der Waals surface area (Å²) in [7, 11) is 0. The van der Waals surface area contributed by atoms with E-state index in [9.17, 15) is 14.3 Å². The lowest BCUT2D eigenvalue weighted by molar-refractivity contribution is 0.0949. The first kappa shape index (κ1) is 13.5. The molecule has 0 saturated heterocycles. The Labute approximate surface area is 120 Å². The molecule has 1 fully saturated rings. The van der Waals surface area contributed by atoms with Crippen LogP contribution >= 0.6 is 11.3 Å². The molecule has 2 unspecified atom stereocenters. The molecular weight excluding hydrogens is 277 g/mol. The van der Waals surface area contributed by atoms with Crippen LogP contribution in [0.3, 0.4) is 0 Å². The van der Waals surface area contributed by atoms with Crippen LogP contribution in [0.5, 0.6) is 0 Å². The normalized spacial score (nSPS) is 22.3. The predicted molar refractivity (Wildman–Crippen MR) is 77.5 cm³/mol. The minimum absolute atomic E-state index is 0.160. The molecule has 0 aliphatic heterocycles. The Hall–Kier alpha value is -1.46. The van der Waals surface area contributed by atoms with Crippen LogP contribution in [0.2, 0.25) is 0 Å². The van der Waals surface area contributed by atoms with Crippen molar-refractivity contribution in [2.45, 2.75) is 25.4 Å². The first-order valence-electron chi connectivity index (χ1n) is 6.78. The van der Waals surface area contributed by atoms with Gasteiger partial charge in [0.1, 0.15) is 5.82 Å². The molecule has 1 amide bonds. The van der Waals surface area contributed by atoms with Gasteiger partial charge in [-0.25, -0.2) is 4.39 Å². The Morgan fingerprint density at radius 1 is 1.45 bits per heavy atom. The van der Waals surface area contributed by atoms with E-state index in [0.29, 0.717) is 22.7 Å². The quantitative estimate of drug-likeness (QED) is 0.914. The molecule has 1 heterocycles. The average Bonchev–Trinajstić information content (AvgIpc) is 3.03. The van der Waals surface area contributed by atoms with Crippen LogP contribution in [0.15, 0.2) is 24.3 Å². The molecule has 0 radical (unpaired) electrons. The number of amides is 1. The number of aliphatic hydroxyl groups is 1. The fourth-order valence-electron chi connectivity index (χ4n) is 2.70. The summed E-state index contributed by atoms with van der Waals surface area (Å²) < 4.78 is 14.4. The summed E-state index contributed by atoms with van der Waals surface area (Å²) in [6.45, 7) is 0.576. The highest BCUT2D eigenvalue weighted by Crippen LogP contribution is 2.28. The number of fused-ring (bicyclic) bond motifs is 1. The summed E-state index contributed by atoms with van der Waals surface area (Å²) in [5.74, 6) is -0.108. The standard InChI is InChI=1S/C15H16FNO2S/c16-12-2-1-3-13-11(12)7-14(20-13)15(19)17-8-9-4-5-10(18)6-9/h1-3,7,9-10,18H,4-6,8H2,(H,17,19). The minimum Gasteiger partial charge on any atom is -0.393 e. The van der Waals surface area contributed by atoms with E-state index in [-0.39, 0.29) is 17.8 Å². The fraction of sp³-hybridized carbons (Fsp3) is 0.400. The molecule has 1 aromatic carbocycles. The van der Waals surface area contributed by atoms with E-state index < -0.39 is 0 Å². The maximum Gasteiger partial charge on any atom is 0.261 e. The van der Waals surface area contributed by atoms with Gasteiger partial charge in [0.2, 0.25) is 0 Å². The smallest absolute Gasteiger partial charge is 0.261 e. The van der Waals surface area contributed by atoms with Crippen LogP contribution in [0.1, 0.15) is 28.9 Å². The van der Waals surface area contributed by atoms with Gasteiger partial charge in [0.15, 0.2) is 0 Å². The van der Waals surface area contributed by atoms with Crippen molar-refractivity contribution < 1.29 is 14.3 Å². The highest BCUT2D eigenvalue weighted by atomic mass is 32.1. The molecule has 1 aliphatic rings. The van der Waals surface area contributed by atoms with E-state index in [1.54, 1.807) is 12.1 Å². The van der Waals surface area contributed by atoms with Gasteiger partial charge in [-0.05, 0) is 43.4 Å². The Morgan fingerprint density at radius 3 is 3.00 bits per heavy atom. The summed E-state index contributed by atoms with van der Waals surface area (Å²) in [6, 6.07) is 6.47. The Kier molecular flexibility index (Phi) is 3.72. The van der Waals surface area contributed by atoms with Crippen LogP contribution in [0.25, 0.3) is 10.1 Å². The number of halogens is 1. The fourth-order valence-corrected chi connectivity index (χ4v) is 3.69. The molecule has 0 spiro atoms. The number of thiophene rings is 1. The number of benzene rings is 1. The number of hydrogen-bond donors (Lipinski definition) is 2. The average molecular weight is 293 g/mol. The van der Waals surface area contributed by atoms with Crippen LogP contribution < -0.4 is 5.32 Å². The zero-order valence-electron chi connectivity index (χ0n) is 10.9. The monoisotopic (exact) mass is 293 g/mol. The van der Waals surface area contributed by atoms with Gasteiger partial charge < -0.3 is 10.4 Å². The number of carbonyl (C=O) groups is 1. The highest BCUT2D eigenvalue weighted by molar-refractivity contribution is 7.20. The summed E-state index contributed by atoms with van der Waals surface area (Å²) in [5, 5.41) is 12.8. The lowest BCUT2D eigenvalue weighted by Gasteiger charge is -2.09. The van der Waals surface area contributed by atoms with Crippen molar-refractivity contribution in [1.82, 2.24) is 5.32 Å². The van der Waals surface area contributed by atoms with E-state index in [2.05, 4.69) is 5.32 Å². The molecule has 2 aromatic rings. The Morgan fingerprint density at radius 2 is 2.30 bits per heavy atom. The highest BCUT2D eigenvalue weighted by Gasteiger charge is 2.23. The molecule has 3 rings (SSSR count). The van der Waals surface area contributed by atoms with Crippen molar-refractivity contribution in [3.63, 3.8) is 0 Å². The lowest BCUT2D eigenvalue weighted by Crippen LogP contribution is -2.28. The summed E-state index contributed by atoms with van der Waals surface area (Å²) in [6.07, 6.45) is 2.29. The number of carbonyl (C=O) groups excluding carboxylic acids is 1. The predicted octanol–water partition coefficient (Wildman–Crippen LogP) is 2.93. The molecule has 20 heavy (non-hydrogen) atoms. The zero-order chi connectivity index (χ0) is 14.1. The molecule has 1 aromatic heterocycles. The summed E-state index contributed by atoms with van der Waals surface area (Å²) in [4.78, 5) is 12.6. The molecule has 0 bridgehead atoms. The number of nitrogens with one attached hydrogen (secondary N) is 1. The maximum atomic E-state index is 13.6. The third-order valence-corrected chi connectivity index (χ3v) is 4.90. The minimum atomic E-state index is -0.295. The van der Waals surface area contributed by atoms with Crippen molar-refractivity contribution in [1.29, 1.82) is 0 Å². The number of rotatable bonds is 3. The topological polar surface area (TPSA) is 49.3 Å². The summed E-state index contributed by atoms with van der Waals surface area (Å²) >= 11 is 1.30. The molecule has 1 saturated carbocycles. The second kappa shape index (κ2) is 5.50. The second-order valence-electron chi connectivity index (χ2n) is 5.31.